The smallest absolute Gasteiger partial charge is 0.466 e. The molecule has 29 heavy (non-hydrogen) atoms. The molecule has 2 aromatic heterocycles. The van der Waals surface area contributed by atoms with E-state index in [1.807, 2.05) is 54.6 Å². The van der Waals surface area contributed by atoms with E-state index in [2.05, 4.69) is 54.5 Å². The van der Waals surface area contributed by atoms with Gasteiger partial charge in [0.1, 0.15) is 8.07 Å². The van der Waals surface area contributed by atoms with Crippen LogP contribution >= 0.6 is 0 Å². The first-order chi connectivity index (χ1) is 13.6. The van der Waals surface area contributed by atoms with Crippen molar-refractivity contribution in [1.82, 2.24) is 9.97 Å². The summed E-state index contributed by atoms with van der Waals surface area (Å²) >= 11 is 0. The van der Waals surface area contributed by atoms with Crippen LogP contribution in [0.4, 0.5) is 0 Å². The summed E-state index contributed by atoms with van der Waals surface area (Å²) < 4.78 is 5.88. The Hall–Kier alpha value is -2.55. The van der Waals surface area contributed by atoms with Gasteiger partial charge in [0.05, 0.1) is 0 Å². The fraction of sp³-hybridized carbons (Fsp3) is 0.0833. The van der Waals surface area contributed by atoms with Gasteiger partial charge in [0, 0.05) is 23.3 Å². The summed E-state index contributed by atoms with van der Waals surface area (Å²) in [6.07, 6.45) is 1.81. The van der Waals surface area contributed by atoms with Gasteiger partial charge in [-0.1, -0.05) is 31.3 Å². The van der Waals surface area contributed by atoms with Gasteiger partial charge in [-0.2, -0.15) is 18.2 Å². The van der Waals surface area contributed by atoms with Crippen LogP contribution in [0.5, 0.6) is 11.6 Å². The van der Waals surface area contributed by atoms with Gasteiger partial charge in [0.25, 0.3) is 0 Å². The van der Waals surface area contributed by atoms with Crippen molar-refractivity contribution in [1.29, 1.82) is 0 Å². The quantitative estimate of drug-likeness (QED) is 0.262. The van der Waals surface area contributed by atoms with Crippen LogP contribution in [0.3, 0.4) is 0 Å². The van der Waals surface area contributed by atoms with Gasteiger partial charge in [-0.25, -0.2) is 4.98 Å². The van der Waals surface area contributed by atoms with Crippen molar-refractivity contribution in [2.75, 3.05) is 0 Å². The Balaban J connectivity index is 0.00000240. The van der Waals surface area contributed by atoms with E-state index in [0.29, 0.717) is 11.6 Å². The summed E-state index contributed by atoms with van der Waals surface area (Å²) in [7, 11) is -2.05. The molecule has 0 bridgehead atoms. The number of ether oxygens (including phenoxy) is 1. The zero-order valence-electron chi connectivity index (χ0n) is 16.2. The van der Waals surface area contributed by atoms with E-state index in [0.717, 1.165) is 16.6 Å². The molecule has 0 fully saturated rings. The van der Waals surface area contributed by atoms with Crippen LogP contribution in [0.15, 0.2) is 85.1 Å². The van der Waals surface area contributed by atoms with Gasteiger partial charge in [0.15, 0.2) is 0 Å². The summed E-state index contributed by atoms with van der Waals surface area (Å²) in [4.78, 5) is 9.25. The largest absolute Gasteiger partial charge is 2.00 e. The fourth-order valence-electron chi connectivity index (χ4n) is 3.02. The Morgan fingerprint density at radius 1 is 0.862 bits per heavy atom. The van der Waals surface area contributed by atoms with Gasteiger partial charge in [-0.05, 0) is 17.8 Å². The summed E-state index contributed by atoms with van der Waals surface area (Å²) in [5.74, 6) is 1.25. The first-order valence-electron chi connectivity index (χ1n) is 9.19. The second-order valence-corrected chi connectivity index (χ2v) is 11.3. The molecule has 0 saturated carbocycles. The van der Waals surface area contributed by atoms with Crippen molar-refractivity contribution < 1.29 is 25.8 Å². The Bertz CT molecular complexity index is 1070. The van der Waals surface area contributed by atoms with Crippen molar-refractivity contribution in [3.05, 3.63) is 97.2 Å². The van der Waals surface area contributed by atoms with E-state index in [1.165, 1.54) is 5.19 Å². The third-order valence-electron chi connectivity index (χ3n) is 4.67. The summed E-state index contributed by atoms with van der Waals surface area (Å²) in [6.45, 7) is 4.56. The number of hydrogen-bond donors (Lipinski definition) is 0. The SMILES string of the molecule is C[Si](C)(c1[c-]c(-c2ccccn2)ccc1)c1cccc(Oc2[c-]cccc2)n1.[Pt+2]. The van der Waals surface area contributed by atoms with E-state index in [4.69, 9.17) is 9.72 Å². The summed E-state index contributed by atoms with van der Waals surface area (Å²) in [5, 5.41) is 2.24. The molecule has 0 aliphatic rings. The Morgan fingerprint density at radius 2 is 1.69 bits per heavy atom. The van der Waals surface area contributed by atoms with Gasteiger partial charge < -0.3 is 9.72 Å². The van der Waals surface area contributed by atoms with Crippen molar-refractivity contribution in [2.45, 2.75) is 13.1 Å². The number of pyridine rings is 2. The van der Waals surface area contributed by atoms with Crippen molar-refractivity contribution in [2.24, 2.45) is 0 Å². The molecule has 4 rings (SSSR count). The number of aromatic nitrogens is 2. The zero-order chi connectivity index (χ0) is 19.4. The van der Waals surface area contributed by atoms with E-state index < -0.39 is 8.07 Å². The molecule has 146 valence electrons. The average molecular weight is 576 g/mol. The van der Waals surface area contributed by atoms with Crippen LogP contribution in [0.2, 0.25) is 13.1 Å². The van der Waals surface area contributed by atoms with Crippen LogP contribution in [0.25, 0.3) is 11.3 Å². The zero-order valence-corrected chi connectivity index (χ0v) is 19.5. The second-order valence-electron chi connectivity index (χ2n) is 7.01. The number of nitrogens with zero attached hydrogens (tertiary/aromatic N) is 2. The molecule has 0 saturated heterocycles. The molecule has 2 aromatic carbocycles. The predicted molar refractivity (Wildman–Crippen MR) is 115 cm³/mol. The number of hydrogen-bond acceptors (Lipinski definition) is 3. The molecule has 2 heterocycles. The third kappa shape index (κ3) is 4.90. The molecule has 0 aliphatic carbocycles. The Morgan fingerprint density at radius 3 is 2.45 bits per heavy atom. The standard InChI is InChI=1S/C24H20N2OSi.Pt/c1-28(2,21-13-8-10-19(18-21)22-14-6-7-17-25-22)24-16-9-15-23(26-24)27-20-11-4-3-5-12-20;/h3-11,13-17H,1-2H3;/q-2;+2. The first-order valence-corrected chi connectivity index (χ1v) is 12.2. The molecule has 0 unspecified atom stereocenters. The molecular weight excluding hydrogens is 555 g/mol. The van der Waals surface area contributed by atoms with E-state index in [1.54, 1.807) is 6.20 Å². The minimum atomic E-state index is -2.05. The Labute approximate surface area is 187 Å². The van der Waals surface area contributed by atoms with E-state index in [-0.39, 0.29) is 21.1 Å². The van der Waals surface area contributed by atoms with Crippen LogP contribution in [0, 0.1) is 12.1 Å². The molecule has 0 aliphatic heterocycles. The number of rotatable bonds is 5. The van der Waals surface area contributed by atoms with Gasteiger partial charge >= 0.3 is 21.1 Å². The molecule has 5 heteroatoms. The molecule has 0 N–H and O–H groups in total. The maximum atomic E-state index is 5.88. The van der Waals surface area contributed by atoms with Crippen LogP contribution in [0.1, 0.15) is 0 Å². The molecule has 0 atom stereocenters. The van der Waals surface area contributed by atoms with Crippen LogP contribution in [-0.2, 0) is 21.1 Å². The Kier molecular flexibility index (Phi) is 6.78. The maximum Gasteiger partial charge on any atom is 2.00 e. The maximum absolute atomic E-state index is 5.88. The molecular formula is C24H20N2OPtSi. The first kappa shape index (κ1) is 21.2. The van der Waals surface area contributed by atoms with Crippen molar-refractivity contribution in [3.8, 4) is 22.9 Å². The fourth-order valence-corrected chi connectivity index (χ4v) is 5.15. The van der Waals surface area contributed by atoms with Crippen molar-refractivity contribution >= 4 is 18.6 Å². The van der Waals surface area contributed by atoms with Crippen molar-refractivity contribution in [3.63, 3.8) is 0 Å². The van der Waals surface area contributed by atoms with Crippen LogP contribution in [-0.4, -0.2) is 18.0 Å². The molecule has 0 amide bonds. The monoisotopic (exact) mass is 575 g/mol. The predicted octanol–water partition coefficient (Wildman–Crippen LogP) is 4.36. The number of para-hydroxylation sites is 1. The average Bonchev–Trinajstić information content (AvgIpc) is 2.75. The van der Waals surface area contributed by atoms with Gasteiger partial charge in [0.2, 0.25) is 5.88 Å². The molecule has 3 nitrogen and oxygen atoms in total. The van der Waals surface area contributed by atoms with Gasteiger partial charge in [-0.15, -0.1) is 47.1 Å². The minimum Gasteiger partial charge on any atom is -0.466 e. The van der Waals surface area contributed by atoms with E-state index >= 15 is 0 Å². The normalized spacial score (nSPS) is 10.8. The number of benzene rings is 2. The molecule has 0 radical (unpaired) electrons. The third-order valence-corrected chi connectivity index (χ3v) is 7.87. The minimum absolute atomic E-state index is 0. The van der Waals surface area contributed by atoms with Crippen LogP contribution < -0.4 is 15.2 Å². The summed E-state index contributed by atoms with van der Waals surface area (Å²) in [6, 6.07) is 32.3. The van der Waals surface area contributed by atoms with Gasteiger partial charge in [-0.3, -0.25) is 0 Å². The van der Waals surface area contributed by atoms with E-state index in [9.17, 15) is 0 Å². The topological polar surface area (TPSA) is 35.0 Å². The molecule has 4 aromatic rings. The molecule has 0 spiro atoms. The second kappa shape index (κ2) is 9.30. The summed E-state index contributed by atoms with van der Waals surface area (Å²) in [5.41, 5.74) is 1.93.